The Labute approximate surface area is 365 Å². The van der Waals surface area contributed by atoms with Crippen LogP contribution in [0.2, 0.25) is 0 Å². The molecule has 0 rings (SSSR count). The first-order valence-electron chi connectivity index (χ1n) is 22.6. The van der Waals surface area contributed by atoms with Crippen LogP contribution in [-0.4, -0.2) is 80.6 Å². The Hall–Kier alpha value is -4.27. The third-order valence-electron chi connectivity index (χ3n) is 9.23. The van der Waals surface area contributed by atoms with E-state index in [1.807, 2.05) is 75.8 Å². The van der Waals surface area contributed by atoms with Gasteiger partial charge >= 0.3 is 17.9 Å². The number of carbonyl (C=O) groups is 3. The lowest BCUT2D eigenvalue weighted by Crippen LogP contribution is -2.50. The maximum Gasteiger partial charge on any atom is 0.362 e. The van der Waals surface area contributed by atoms with Crippen LogP contribution in [0.1, 0.15) is 136 Å². The molecule has 0 aromatic carbocycles. The SMILES string of the molecule is CC/C=C/C=C/C=C/C=C/C=C/CCCC(=O)OCC(COCCC(C(=O)O)[N+](C)(C)C)OC(=O)CCCCCCCCC/C=C/C/C=C/C/C=C/C/C=C/C/C=C/CC. The van der Waals surface area contributed by atoms with Gasteiger partial charge in [0.1, 0.15) is 6.61 Å². The first kappa shape index (κ1) is 55.7. The average molecular weight is 833 g/mol. The van der Waals surface area contributed by atoms with E-state index in [2.05, 4.69) is 80.7 Å². The third-order valence-corrected chi connectivity index (χ3v) is 9.23. The van der Waals surface area contributed by atoms with Gasteiger partial charge in [-0.2, -0.15) is 0 Å². The quantitative estimate of drug-likeness (QED) is 0.0217. The van der Waals surface area contributed by atoms with Gasteiger partial charge in [0.15, 0.2) is 12.1 Å². The van der Waals surface area contributed by atoms with Crippen molar-refractivity contribution in [3.05, 3.63) is 122 Å². The molecule has 336 valence electrons. The lowest BCUT2D eigenvalue weighted by molar-refractivity contribution is -0.887. The number of nitrogens with zero attached hydrogens (tertiary/aromatic N) is 1. The van der Waals surface area contributed by atoms with E-state index in [0.717, 1.165) is 77.0 Å². The van der Waals surface area contributed by atoms with Crippen LogP contribution >= 0.6 is 0 Å². The van der Waals surface area contributed by atoms with E-state index in [-0.39, 0.29) is 42.7 Å². The number of quaternary nitrogens is 1. The molecule has 0 bridgehead atoms. The second-order valence-electron chi connectivity index (χ2n) is 15.7. The van der Waals surface area contributed by atoms with Crippen molar-refractivity contribution in [2.24, 2.45) is 0 Å². The Morgan fingerprint density at radius 3 is 1.53 bits per heavy atom. The van der Waals surface area contributed by atoms with Crippen molar-refractivity contribution < 1.29 is 38.2 Å². The molecule has 0 fully saturated rings. The number of unbranched alkanes of at least 4 members (excludes halogenated alkanes) is 8. The molecule has 0 aliphatic heterocycles. The molecule has 8 heteroatoms. The summed E-state index contributed by atoms with van der Waals surface area (Å²) in [5.41, 5.74) is 0. The second kappa shape index (κ2) is 41.5. The molecule has 0 aliphatic carbocycles. The Bertz CT molecular complexity index is 1390. The molecular formula is C52H82NO7+. The summed E-state index contributed by atoms with van der Waals surface area (Å²) in [6.45, 7) is 4.36. The number of likely N-dealkylation sites (N-methyl/N-ethyl adjacent to an activating group) is 1. The van der Waals surface area contributed by atoms with Crippen LogP contribution in [0.15, 0.2) is 122 Å². The minimum Gasteiger partial charge on any atom is -0.477 e. The maximum absolute atomic E-state index is 12.7. The lowest BCUT2D eigenvalue weighted by atomic mass is 10.1. The smallest absolute Gasteiger partial charge is 0.362 e. The van der Waals surface area contributed by atoms with Crippen molar-refractivity contribution in [1.82, 2.24) is 0 Å². The van der Waals surface area contributed by atoms with E-state index in [4.69, 9.17) is 14.2 Å². The summed E-state index contributed by atoms with van der Waals surface area (Å²) in [5, 5.41) is 9.62. The molecule has 8 nitrogen and oxygen atoms in total. The summed E-state index contributed by atoms with van der Waals surface area (Å²) in [5.74, 6) is -1.60. The Morgan fingerprint density at radius 1 is 0.517 bits per heavy atom. The van der Waals surface area contributed by atoms with Crippen molar-refractivity contribution in [3.63, 3.8) is 0 Å². The van der Waals surface area contributed by atoms with E-state index in [1.54, 1.807) is 0 Å². The van der Waals surface area contributed by atoms with Gasteiger partial charge in [0.05, 0.1) is 34.4 Å². The molecule has 0 aromatic heterocycles. The topological polar surface area (TPSA) is 99.1 Å². The van der Waals surface area contributed by atoms with E-state index in [9.17, 15) is 19.5 Å². The number of esters is 2. The fourth-order valence-electron chi connectivity index (χ4n) is 5.79. The first-order chi connectivity index (χ1) is 29.1. The van der Waals surface area contributed by atoms with Gasteiger partial charge in [-0.05, 0) is 70.6 Å². The number of rotatable bonds is 38. The van der Waals surface area contributed by atoms with Crippen LogP contribution in [0.25, 0.3) is 0 Å². The molecule has 0 saturated carbocycles. The average Bonchev–Trinajstić information content (AvgIpc) is 3.21. The molecule has 0 aromatic rings. The summed E-state index contributed by atoms with van der Waals surface area (Å²) in [4.78, 5) is 37.0. The number of hydrogen-bond donors (Lipinski definition) is 1. The van der Waals surface area contributed by atoms with Crippen LogP contribution in [0.4, 0.5) is 0 Å². The van der Waals surface area contributed by atoms with Crippen LogP contribution in [0.3, 0.4) is 0 Å². The highest BCUT2D eigenvalue weighted by atomic mass is 16.6. The molecule has 0 spiro atoms. The zero-order valence-corrected chi connectivity index (χ0v) is 38.1. The number of carbonyl (C=O) groups excluding carboxylic acids is 2. The van der Waals surface area contributed by atoms with Gasteiger partial charge in [-0.15, -0.1) is 0 Å². The summed E-state index contributed by atoms with van der Waals surface area (Å²) in [6, 6.07) is -0.635. The Balaban J connectivity index is 4.42. The summed E-state index contributed by atoms with van der Waals surface area (Å²) < 4.78 is 17.2. The molecule has 0 aliphatic rings. The molecule has 2 atom stereocenters. The van der Waals surface area contributed by atoms with Gasteiger partial charge < -0.3 is 23.8 Å². The fourth-order valence-corrected chi connectivity index (χ4v) is 5.79. The van der Waals surface area contributed by atoms with Gasteiger partial charge in [-0.25, -0.2) is 4.79 Å². The first-order valence-corrected chi connectivity index (χ1v) is 22.6. The molecule has 2 unspecified atom stereocenters. The molecule has 1 N–H and O–H groups in total. The van der Waals surface area contributed by atoms with E-state index >= 15 is 0 Å². The summed E-state index contributed by atoms with van der Waals surface area (Å²) in [6.07, 6.45) is 58.3. The largest absolute Gasteiger partial charge is 0.477 e. The Kier molecular flexibility index (Phi) is 38.5. The monoisotopic (exact) mass is 833 g/mol. The molecule has 0 radical (unpaired) electrons. The highest BCUT2D eigenvalue weighted by Crippen LogP contribution is 2.13. The minimum atomic E-state index is -0.893. The standard InChI is InChI=1S/C52H81NO7/c1-6-8-10-12-14-16-18-20-21-22-23-24-25-26-27-28-29-31-33-35-37-39-41-43-51(55)60-48(46-58-45-44-49(52(56)57)53(3,4)5)47-59-50(54)42-40-38-36-34-32-30-19-17-15-13-11-9-7-2/h8-11,13-17,19-21,23-24,26-27,30,32,34,36,48-49H,6-7,12,18,22,25,28-29,31,33,35,37-47H2,1-5H3/p+1/b10-8+,11-9+,15-13+,16-14+,19-17+,21-20+,24-23+,27-26+,32-30+,36-34+. The number of carboxylic acid groups (broad SMARTS) is 1. The molecule has 0 heterocycles. The summed E-state index contributed by atoms with van der Waals surface area (Å²) >= 11 is 0. The number of aliphatic carboxylic acids is 1. The van der Waals surface area contributed by atoms with Gasteiger partial charge in [-0.1, -0.05) is 167 Å². The second-order valence-corrected chi connectivity index (χ2v) is 15.7. The van der Waals surface area contributed by atoms with E-state index in [1.165, 1.54) is 19.3 Å². The third kappa shape index (κ3) is 39.2. The van der Waals surface area contributed by atoms with E-state index < -0.39 is 18.1 Å². The van der Waals surface area contributed by atoms with Gasteiger partial charge in [0, 0.05) is 19.3 Å². The van der Waals surface area contributed by atoms with Crippen molar-refractivity contribution in [1.29, 1.82) is 0 Å². The number of ether oxygens (including phenoxy) is 3. The van der Waals surface area contributed by atoms with Crippen molar-refractivity contribution in [2.75, 3.05) is 41.0 Å². The van der Waals surface area contributed by atoms with Gasteiger partial charge in [0.25, 0.3) is 0 Å². The highest BCUT2D eigenvalue weighted by Gasteiger charge is 2.31. The lowest BCUT2D eigenvalue weighted by Gasteiger charge is -2.31. The zero-order valence-electron chi connectivity index (χ0n) is 38.1. The van der Waals surface area contributed by atoms with Crippen molar-refractivity contribution in [3.8, 4) is 0 Å². The molecule has 0 amide bonds. The van der Waals surface area contributed by atoms with Crippen LogP contribution in [-0.2, 0) is 28.6 Å². The number of carboxylic acids is 1. The van der Waals surface area contributed by atoms with Gasteiger partial charge in [-0.3, -0.25) is 9.59 Å². The van der Waals surface area contributed by atoms with Crippen molar-refractivity contribution >= 4 is 17.9 Å². The van der Waals surface area contributed by atoms with E-state index in [0.29, 0.717) is 19.3 Å². The molecule has 0 saturated heterocycles. The zero-order chi connectivity index (χ0) is 44.2. The number of hydrogen-bond acceptors (Lipinski definition) is 6. The normalized spacial score (nSPS) is 14.1. The van der Waals surface area contributed by atoms with Crippen LogP contribution in [0.5, 0.6) is 0 Å². The van der Waals surface area contributed by atoms with Crippen LogP contribution < -0.4 is 0 Å². The predicted octanol–water partition coefficient (Wildman–Crippen LogP) is 12.6. The fraction of sp³-hybridized carbons (Fsp3) is 0.558. The maximum atomic E-state index is 12.7. The van der Waals surface area contributed by atoms with Gasteiger partial charge in [0.2, 0.25) is 0 Å². The molecule has 60 heavy (non-hydrogen) atoms. The highest BCUT2D eigenvalue weighted by molar-refractivity contribution is 5.72. The molecular weight excluding hydrogens is 751 g/mol. The number of allylic oxidation sites excluding steroid dienone is 20. The van der Waals surface area contributed by atoms with Crippen molar-refractivity contribution in [2.45, 2.75) is 148 Å². The predicted molar refractivity (Wildman–Crippen MR) is 252 cm³/mol. The minimum absolute atomic E-state index is 0.0247. The van der Waals surface area contributed by atoms with Crippen LogP contribution in [0, 0.1) is 0 Å². The Morgan fingerprint density at radius 2 is 0.983 bits per heavy atom. The summed E-state index contributed by atoms with van der Waals surface area (Å²) in [7, 11) is 5.48.